The summed E-state index contributed by atoms with van der Waals surface area (Å²) in [4.78, 5) is 0.304. The van der Waals surface area contributed by atoms with E-state index in [-0.39, 0.29) is 6.54 Å². The van der Waals surface area contributed by atoms with Gasteiger partial charge in [0.05, 0.1) is 4.90 Å². The molecule has 0 radical (unpaired) electrons. The molecule has 0 aromatic heterocycles. The molecule has 0 spiro atoms. The van der Waals surface area contributed by atoms with Gasteiger partial charge in [-0.1, -0.05) is 15.9 Å². The van der Waals surface area contributed by atoms with Crippen molar-refractivity contribution in [1.82, 2.24) is 0 Å². The zero-order chi connectivity index (χ0) is 10.1. The monoisotopic (exact) mass is 263 g/mol. The molecule has 0 bridgehead atoms. The van der Waals surface area contributed by atoms with E-state index in [9.17, 15) is 8.42 Å². The second kappa shape index (κ2) is 3.77. The van der Waals surface area contributed by atoms with Crippen LogP contribution in [-0.4, -0.2) is 14.7 Å². The minimum Gasteiger partial charge on any atom is -0.326 e. The second-order valence-electron chi connectivity index (χ2n) is 2.73. The summed E-state index contributed by atoms with van der Waals surface area (Å²) < 4.78 is 23.3. The van der Waals surface area contributed by atoms with Crippen LogP contribution < -0.4 is 5.73 Å². The van der Waals surface area contributed by atoms with Crippen LogP contribution in [0.2, 0.25) is 0 Å². The number of benzene rings is 1. The van der Waals surface area contributed by atoms with E-state index in [1.807, 2.05) is 0 Å². The highest BCUT2D eigenvalue weighted by atomic mass is 79.9. The van der Waals surface area contributed by atoms with Crippen molar-refractivity contribution in [3.05, 3.63) is 28.2 Å². The van der Waals surface area contributed by atoms with E-state index in [1.165, 1.54) is 6.26 Å². The van der Waals surface area contributed by atoms with Gasteiger partial charge in [-0.25, -0.2) is 8.42 Å². The van der Waals surface area contributed by atoms with E-state index in [0.29, 0.717) is 10.5 Å². The highest BCUT2D eigenvalue weighted by Gasteiger charge is 2.11. The Balaban J connectivity index is 3.39. The van der Waals surface area contributed by atoms with E-state index in [4.69, 9.17) is 5.73 Å². The van der Waals surface area contributed by atoms with Crippen molar-refractivity contribution in [3.63, 3.8) is 0 Å². The van der Waals surface area contributed by atoms with Crippen LogP contribution in [0.15, 0.2) is 27.6 Å². The number of rotatable bonds is 2. The Bertz CT molecular complexity index is 414. The first-order valence-electron chi connectivity index (χ1n) is 3.63. The Kier molecular flexibility index (Phi) is 3.10. The average molecular weight is 264 g/mol. The van der Waals surface area contributed by atoms with Crippen molar-refractivity contribution in [2.24, 2.45) is 5.73 Å². The maximum atomic E-state index is 11.3. The van der Waals surface area contributed by atoms with Crippen molar-refractivity contribution < 1.29 is 8.42 Å². The molecule has 1 rings (SSSR count). The van der Waals surface area contributed by atoms with Crippen molar-refractivity contribution in [3.8, 4) is 0 Å². The van der Waals surface area contributed by atoms with Crippen LogP contribution in [0.25, 0.3) is 0 Å². The molecule has 0 heterocycles. The highest BCUT2D eigenvalue weighted by Crippen LogP contribution is 2.20. The van der Waals surface area contributed by atoms with Crippen molar-refractivity contribution in [1.29, 1.82) is 0 Å². The maximum absolute atomic E-state index is 11.3. The Morgan fingerprint density at radius 3 is 2.54 bits per heavy atom. The average Bonchev–Trinajstić information content (AvgIpc) is 2.01. The number of nitrogens with two attached hydrogens (primary N) is 1. The van der Waals surface area contributed by atoms with Crippen molar-refractivity contribution in [2.45, 2.75) is 11.4 Å². The first-order chi connectivity index (χ1) is 5.95. The summed E-state index contributed by atoms with van der Waals surface area (Å²) in [7, 11) is -3.16. The van der Waals surface area contributed by atoms with Crippen LogP contribution in [0.5, 0.6) is 0 Å². The molecule has 13 heavy (non-hydrogen) atoms. The van der Waals surface area contributed by atoms with Gasteiger partial charge in [0.25, 0.3) is 0 Å². The highest BCUT2D eigenvalue weighted by molar-refractivity contribution is 9.10. The van der Waals surface area contributed by atoms with E-state index in [0.717, 1.165) is 4.47 Å². The Morgan fingerprint density at radius 1 is 1.46 bits per heavy atom. The quantitative estimate of drug-likeness (QED) is 0.876. The van der Waals surface area contributed by atoms with Crippen LogP contribution in [-0.2, 0) is 16.4 Å². The third-order valence-electron chi connectivity index (χ3n) is 1.64. The summed E-state index contributed by atoms with van der Waals surface area (Å²) in [5.74, 6) is 0. The van der Waals surface area contributed by atoms with Gasteiger partial charge in [0.15, 0.2) is 9.84 Å². The van der Waals surface area contributed by atoms with Gasteiger partial charge < -0.3 is 5.73 Å². The predicted molar refractivity (Wildman–Crippen MR) is 55.1 cm³/mol. The summed E-state index contributed by atoms with van der Waals surface area (Å²) >= 11 is 3.25. The van der Waals surface area contributed by atoms with Crippen molar-refractivity contribution in [2.75, 3.05) is 6.26 Å². The first kappa shape index (κ1) is 10.7. The molecule has 0 fully saturated rings. The molecule has 0 aliphatic rings. The SMILES string of the molecule is CS(=O)(=O)c1ccc(Br)cc1CN. The van der Waals surface area contributed by atoms with E-state index in [1.54, 1.807) is 18.2 Å². The Labute approximate surface area is 86.0 Å². The zero-order valence-electron chi connectivity index (χ0n) is 7.12. The second-order valence-corrected chi connectivity index (χ2v) is 5.63. The molecule has 5 heteroatoms. The lowest BCUT2D eigenvalue weighted by Crippen LogP contribution is -2.06. The minimum absolute atomic E-state index is 0.224. The molecule has 0 aliphatic carbocycles. The van der Waals surface area contributed by atoms with Crippen LogP contribution in [0, 0.1) is 0 Å². The molecule has 3 nitrogen and oxygen atoms in total. The molecular formula is C8H10BrNO2S. The molecule has 0 amide bonds. The molecule has 1 aromatic carbocycles. The number of hydrogen-bond donors (Lipinski definition) is 1. The molecular weight excluding hydrogens is 254 g/mol. The van der Waals surface area contributed by atoms with Gasteiger partial charge in [-0.3, -0.25) is 0 Å². The third kappa shape index (κ3) is 2.52. The van der Waals surface area contributed by atoms with Gasteiger partial charge in [-0.05, 0) is 23.8 Å². The van der Waals surface area contributed by atoms with E-state index in [2.05, 4.69) is 15.9 Å². The fourth-order valence-electron chi connectivity index (χ4n) is 1.07. The lowest BCUT2D eigenvalue weighted by Gasteiger charge is -2.05. The fourth-order valence-corrected chi connectivity index (χ4v) is 2.41. The van der Waals surface area contributed by atoms with Gasteiger partial charge in [0, 0.05) is 17.3 Å². The normalized spacial score (nSPS) is 11.6. The predicted octanol–water partition coefficient (Wildman–Crippen LogP) is 1.31. The topological polar surface area (TPSA) is 60.2 Å². The van der Waals surface area contributed by atoms with Crippen LogP contribution in [0.3, 0.4) is 0 Å². The summed E-state index contributed by atoms with van der Waals surface area (Å²) in [6.45, 7) is 0.224. The molecule has 0 atom stereocenters. The van der Waals surface area contributed by atoms with Gasteiger partial charge in [-0.15, -0.1) is 0 Å². The fraction of sp³-hybridized carbons (Fsp3) is 0.250. The summed E-state index contributed by atoms with van der Waals surface area (Å²) in [6, 6.07) is 4.97. The first-order valence-corrected chi connectivity index (χ1v) is 6.32. The molecule has 0 saturated carbocycles. The Morgan fingerprint density at radius 2 is 2.08 bits per heavy atom. The summed E-state index contributed by atoms with van der Waals surface area (Å²) in [6.07, 6.45) is 1.18. The van der Waals surface area contributed by atoms with E-state index >= 15 is 0 Å². The minimum atomic E-state index is -3.16. The molecule has 72 valence electrons. The number of sulfone groups is 1. The smallest absolute Gasteiger partial charge is 0.175 e. The molecule has 0 saturated heterocycles. The summed E-state index contributed by atoms with van der Waals surface area (Å²) in [5, 5.41) is 0. The lowest BCUT2D eigenvalue weighted by atomic mass is 10.2. The molecule has 0 aliphatic heterocycles. The maximum Gasteiger partial charge on any atom is 0.175 e. The van der Waals surface area contributed by atoms with Crippen LogP contribution >= 0.6 is 15.9 Å². The van der Waals surface area contributed by atoms with Crippen molar-refractivity contribution >= 4 is 25.8 Å². The largest absolute Gasteiger partial charge is 0.326 e. The standard InChI is InChI=1S/C8H10BrNO2S/c1-13(11,12)8-3-2-7(9)4-6(8)5-10/h2-4H,5,10H2,1H3. The summed E-state index contributed by atoms with van der Waals surface area (Å²) in [5.41, 5.74) is 6.07. The molecule has 1 aromatic rings. The van der Waals surface area contributed by atoms with Crippen LogP contribution in [0.4, 0.5) is 0 Å². The Hall–Kier alpha value is -0.390. The van der Waals surface area contributed by atoms with Crippen LogP contribution in [0.1, 0.15) is 5.56 Å². The van der Waals surface area contributed by atoms with Gasteiger partial charge >= 0.3 is 0 Å². The third-order valence-corrected chi connectivity index (χ3v) is 3.33. The number of halogens is 1. The molecule has 0 unspecified atom stereocenters. The van der Waals surface area contributed by atoms with Gasteiger partial charge in [0.2, 0.25) is 0 Å². The number of hydrogen-bond acceptors (Lipinski definition) is 3. The molecule has 2 N–H and O–H groups in total. The van der Waals surface area contributed by atoms with Gasteiger partial charge in [0.1, 0.15) is 0 Å². The van der Waals surface area contributed by atoms with Gasteiger partial charge in [-0.2, -0.15) is 0 Å². The lowest BCUT2D eigenvalue weighted by molar-refractivity contribution is 0.600. The van der Waals surface area contributed by atoms with E-state index < -0.39 is 9.84 Å². The zero-order valence-corrected chi connectivity index (χ0v) is 9.52.